The summed E-state index contributed by atoms with van der Waals surface area (Å²) in [5, 5.41) is -4.38. The van der Waals surface area contributed by atoms with Gasteiger partial charge in [-0.2, -0.15) is 8.78 Å². The molecule has 1 atom stereocenters. The van der Waals surface area contributed by atoms with Gasteiger partial charge in [0.15, 0.2) is 23.3 Å². The van der Waals surface area contributed by atoms with E-state index in [-0.39, 0.29) is 0 Å². The summed E-state index contributed by atoms with van der Waals surface area (Å²) in [6.45, 7) is 0. The molecule has 106 valence electrons. The van der Waals surface area contributed by atoms with Gasteiger partial charge in [-0.25, -0.2) is 22.0 Å². The van der Waals surface area contributed by atoms with Gasteiger partial charge in [-0.3, -0.25) is 0 Å². The van der Waals surface area contributed by atoms with Crippen LogP contribution < -0.4 is 0 Å². The van der Waals surface area contributed by atoms with Crippen LogP contribution in [0.1, 0.15) is 11.1 Å². The average molecular weight is 347 g/mol. The molecule has 0 aliphatic heterocycles. The third kappa shape index (κ3) is 1.49. The molecule has 2 rings (SSSR count). The normalized spacial score (nSPS) is 27.5. The third-order valence-corrected chi connectivity index (χ3v) is 4.30. The van der Waals surface area contributed by atoms with E-state index < -0.39 is 49.8 Å². The quantitative estimate of drug-likeness (QED) is 0.271. The van der Waals surface area contributed by atoms with Crippen LogP contribution >= 0.6 is 34.8 Å². The molecule has 1 aliphatic carbocycles. The van der Waals surface area contributed by atoms with Gasteiger partial charge in [-0.05, 0) is 0 Å². The first-order valence-corrected chi connectivity index (χ1v) is 5.52. The fourth-order valence-corrected chi connectivity index (χ4v) is 2.51. The topological polar surface area (TPSA) is 0 Å². The van der Waals surface area contributed by atoms with Gasteiger partial charge in [0.1, 0.15) is 0 Å². The van der Waals surface area contributed by atoms with E-state index in [0.29, 0.717) is 0 Å². The van der Waals surface area contributed by atoms with Gasteiger partial charge in [0.2, 0.25) is 4.33 Å². The molecule has 0 saturated heterocycles. The number of benzene rings is 1. The Bertz CT molecular complexity index is 533. The van der Waals surface area contributed by atoms with Crippen LogP contribution in [-0.2, 0) is 10.3 Å². The van der Waals surface area contributed by atoms with E-state index in [1.54, 1.807) is 0 Å². The van der Waals surface area contributed by atoms with Crippen molar-refractivity contribution in [2.45, 2.75) is 15.4 Å². The van der Waals surface area contributed by atoms with E-state index in [9.17, 15) is 30.7 Å². The predicted molar refractivity (Wildman–Crippen MR) is 53.2 cm³/mol. The van der Waals surface area contributed by atoms with Crippen LogP contribution in [0, 0.1) is 23.3 Å². The molecule has 0 bridgehead atoms. The lowest BCUT2D eigenvalue weighted by atomic mass is 10.1. The molecule has 1 unspecified atom stereocenters. The summed E-state index contributed by atoms with van der Waals surface area (Å²) < 4.78 is 90.1. The number of hydrogen-bond acceptors (Lipinski definition) is 0. The molecule has 0 amide bonds. The second-order valence-corrected chi connectivity index (χ2v) is 5.58. The molecule has 0 nitrogen and oxygen atoms in total. The lowest BCUT2D eigenvalue weighted by molar-refractivity contribution is -0.0968. The van der Waals surface area contributed by atoms with Crippen LogP contribution in [0.2, 0.25) is 0 Å². The second kappa shape index (κ2) is 3.83. The van der Waals surface area contributed by atoms with Gasteiger partial charge < -0.3 is 0 Å². The Labute approximate surface area is 116 Å². The van der Waals surface area contributed by atoms with Gasteiger partial charge in [0.25, 0.3) is 5.13 Å². The molecular formula is C9Cl3F7. The van der Waals surface area contributed by atoms with Crippen LogP contribution in [0.3, 0.4) is 0 Å². The minimum absolute atomic E-state index is 1.77. The van der Waals surface area contributed by atoms with Crippen molar-refractivity contribution in [3.8, 4) is 0 Å². The summed E-state index contributed by atoms with van der Waals surface area (Å²) in [6, 6.07) is 0. The smallest absolute Gasteiger partial charge is 0.215 e. The highest BCUT2D eigenvalue weighted by molar-refractivity contribution is 6.53. The highest BCUT2D eigenvalue weighted by Crippen LogP contribution is 2.67. The van der Waals surface area contributed by atoms with Gasteiger partial charge in [0.05, 0.1) is 5.56 Å². The SMILES string of the molecule is Fc1c(F)c(F)c2c(c1F)C(F)(F)C(F)(Cl)C2(Cl)Cl. The predicted octanol–water partition coefficient (Wildman–Crippen LogP) is 4.88. The lowest BCUT2D eigenvalue weighted by Crippen LogP contribution is -2.41. The Morgan fingerprint density at radius 2 is 1.00 bits per heavy atom. The number of rotatable bonds is 0. The molecule has 0 spiro atoms. The monoisotopic (exact) mass is 346 g/mol. The number of halogens is 10. The first-order chi connectivity index (χ1) is 8.39. The Kier molecular flexibility index (Phi) is 3.02. The van der Waals surface area contributed by atoms with Gasteiger partial charge >= 0.3 is 5.92 Å². The van der Waals surface area contributed by atoms with Crippen molar-refractivity contribution in [2.24, 2.45) is 0 Å². The van der Waals surface area contributed by atoms with E-state index >= 15 is 0 Å². The molecule has 10 heteroatoms. The molecule has 0 fully saturated rings. The fraction of sp³-hybridized carbons (Fsp3) is 0.333. The number of alkyl halides is 6. The zero-order chi connectivity index (χ0) is 15.0. The van der Waals surface area contributed by atoms with E-state index in [2.05, 4.69) is 0 Å². The van der Waals surface area contributed by atoms with E-state index in [0.717, 1.165) is 0 Å². The van der Waals surface area contributed by atoms with Crippen LogP contribution in [0.25, 0.3) is 0 Å². The molecule has 0 radical (unpaired) electrons. The van der Waals surface area contributed by atoms with Gasteiger partial charge in [-0.15, -0.1) is 0 Å². The summed E-state index contributed by atoms with van der Waals surface area (Å²) in [6.07, 6.45) is 0. The van der Waals surface area contributed by atoms with Crippen molar-refractivity contribution in [1.82, 2.24) is 0 Å². The Morgan fingerprint density at radius 3 is 1.42 bits per heavy atom. The minimum Gasteiger partial charge on any atom is -0.215 e. The first-order valence-electron chi connectivity index (χ1n) is 4.39. The Morgan fingerprint density at radius 1 is 0.632 bits per heavy atom. The van der Waals surface area contributed by atoms with Crippen molar-refractivity contribution in [2.75, 3.05) is 0 Å². The van der Waals surface area contributed by atoms with Crippen LogP contribution in [0.15, 0.2) is 0 Å². The second-order valence-electron chi connectivity index (χ2n) is 3.73. The summed E-state index contributed by atoms with van der Waals surface area (Å²) in [4.78, 5) is 0. The standard InChI is InChI=1S/C9Cl3F7/c10-7(11)1-2(8(17,18)9(7,12)19)4(14)6(16)5(15)3(1)13. The van der Waals surface area contributed by atoms with E-state index in [4.69, 9.17) is 34.8 Å². The molecule has 1 aromatic rings. The molecule has 19 heavy (non-hydrogen) atoms. The third-order valence-electron chi connectivity index (χ3n) is 2.68. The van der Waals surface area contributed by atoms with Gasteiger partial charge in [0, 0.05) is 5.56 Å². The molecule has 0 saturated carbocycles. The van der Waals surface area contributed by atoms with Crippen molar-refractivity contribution in [3.05, 3.63) is 34.4 Å². The summed E-state index contributed by atoms with van der Waals surface area (Å²) in [5.41, 5.74) is -3.92. The summed E-state index contributed by atoms with van der Waals surface area (Å²) in [5.74, 6) is -14.8. The van der Waals surface area contributed by atoms with Crippen LogP contribution in [0.5, 0.6) is 0 Å². The van der Waals surface area contributed by atoms with Crippen molar-refractivity contribution in [3.63, 3.8) is 0 Å². The molecule has 1 aliphatic rings. The first kappa shape index (κ1) is 15.0. The Hall–Kier alpha value is -0.400. The lowest BCUT2D eigenvalue weighted by Gasteiger charge is -2.27. The summed E-state index contributed by atoms with van der Waals surface area (Å²) in [7, 11) is 0. The van der Waals surface area contributed by atoms with E-state index in [1.165, 1.54) is 0 Å². The molecule has 0 aromatic heterocycles. The zero-order valence-corrected chi connectivity index (χ0v) is 10.5. The van der Waals surface area contributed by atoms with Crippen LogP contribution in [0.4, 0.5) is 30.7 Å². The zero-order valence-electron chi connectivity index (χ0n) is 8.28. The molecule has 0 N–H and O–H groups in total. The molecule has 1 aromatic carbocycles. The minimum atomic E-state index is -4.97. The maximum atomic E-state index is 13.8. The van der Waals surface area contributed by atoms with Crippen molar-refractivity contribution in [1.29, 1.82) is 0 Å². The highest BCUT2D eigenvalue weighted by Gasteiger charge is 2.76. The van der Waals surface area contributed by atoms with Crippen molar-refractivity contribution >= 4 is 34.8 Å². The van der Waals surface area contributed by atoms with Crippen LogP contribution in [-0.4, -0.2) is 5.13 Å². The summed E-state index contributed by atoms with van der Waals surface area (Å²) >= 11 is 15.1. The Balaban J connectivity index is 3.02. The average Bonchev–Trinajstić information content (AvgIpc) is 2.39. The number of fused-ring (bicyclic) bond motifs is 1. The fourth-order valence-electron chi connectivity index (χ4n) is 1.73. The number of hydrogen-bond donors (Lipinski definition) is 0. The highest BCUT2D eigenvalue weighted by atomic mass is 35.5. The maximum absolute atomic E-state index is 13.8. The molecule has 0 heterocycles. The van der Waals surface area contributed by atoms with Gasteiger partial charge in [-0.1, -0.05) is 34.8 Å². The molecular weight excluding hydrogens is 347 g/mol. The van der Waals surface area contributed by atoms with Crippen molar-refractivity contribution < 1.29 is 30.7 Å². The maximum Gasteiger partial charge on any atom is 0.327 e. The largest absolute Gasteiger partial charge is 0.327 e. The van der Waals surface area contributed by atoms with E-state index in [1.807, 2.05) is 0 Å².